The standard InChI is InChI=1S/C27H25F3N6O4/c1-5-33(3)21(37)15-34-26(39)36-23(18-11-9-17(14-31)10-12-18)22(24(38)40-4)16(2)35(25(36)32-34)20-8-6-7-19(13-20)27(28,29)30/h6-13,23H,5,15H2,1-4H3. The molecule has 0 saturated carbocycles. The molecule has 1 aliphatic heterocycles. The first-order chi connectivity index (χ1) is 18.9. The lowest BCUT2D eigenvalue weighted by atomic mass is 9.93. The molecule has 208 valence electrons. The molecule has 0 spiro atoms. The van der Waals surface area contributed by atoms with Gasteiger partial charge in [-0.3, -0.25) is 9.69 Å². The summed E-state index contributed by atoms with van der Waals surface area (Å²) in [7, 11) is 2.70. The lowest BCUT2D eigenvalue weighted by molar-refractivity contribution is -0.138. The Morgan fingerprint density at radius 1 is 1.18 bits per heavy atom. The third kappa shape index (κ3) is 4.95. The van der Waals surface area contributed by atoms with Crippen LogP contribution >= 0.6 is 0 Å². The van der Waals surface area contributed by atoms with Crippen LogP contribution in [0.3, 0.4) is 0 Å². The van der Waals surface area contributed by atoms with E-state index in [4.69, 9.17) is 4.74 Å². The molecule has 2 heterocycles. The molecule has 2 aromatic carbocycles. The number of rotatable bonds is 6. The molecule has 0 saturated heterocycles. The highest BCUT2D eigenvalue weighted by Crippen LogP contribution is 2.43. The van der Waals surface area contributed by atoms with Crippen LogP contribution in [-0.2, 0) is 27.0 Å². The Morgan fingerprint density at radius 2 is 1.85 bits per heavy atom. The highest BCUT2D eigenvalue weighted by atomic mass is 19.4. The fourth-order valence-electron chi connectivity index (χ4n) is 4.47. The van der Waals surface area contributed by atoms with E-state index in [2.05, 4.69) is 5.10 Å². The second kappa shape index (κ2) is 10.7. The van der Waals surface area contributed by atoms with E-state index in [0.717, 1.165) is 28.5 Å². The van der Waals surface area contributed by atoms with Crippen LogP contribution in [0.4, 0.5) is 24.8 Å². The maximum Gasteiger partial charge on any atom is 0.416 e. The lowest BCUT2D eigenvalue weighted by Gasteiger charge is -2.35. The number of halogens is 3. The molecule has 0 radical (unpaired) electrons. The summed E-state index contributed by atoms with van der Waals surface area (Å²) in [6, 6.07) is 11.4. The van der Waals surface area contributed by atoms with Crippen LogP contribution in [0.15, 0.2) is 64.6 Å². The summed E-state index contributed by atoms with van der Waals surface area (Å²) in [5.41, 5.74) is -0.836. The van der Waals surface area contributed by atoms with Gasteiger partial charge in [0.2, 0.25) is 11.9 Å². The van der Waals surface area contributed by atoms with Gasteiger partial charge in [-0.1, -0.05) is 18.2 Å². The number of methoxy groups -OCH3 is 1. The van der Waals surface area contributed by atoms with Crippen molar-refractivity contribution in [3.05, 3.63) is 87.0 Å². The normalized spacial score (nSPS) is 14.9. The molecule has 1 unspecified atom stereocenters. The number of esters is 1. The van der Waals surface area contributed by atoms with E-state index in [1.165, 1.54) is 41.0 Å². The topological polar surface area (TPSA) is 113 Å². The lowest BCUT2D eigenvalue weighted by Crippen LogP contribution is -2.39. The molecular weight excluding hydrogens is 529 g/mol. The van der Waals surface area contributed by atoms with Gasteiger partial charge in [-0.05, 0) is 49.7 Å². The molecule has 0 bridgehead atoms. The minimum atomic E-state index is -4.66. The van der Waals surface area contributed by atoms with Crippen molar-refractivity contribution in [1.82, 2.24) is 19.2 Å². The van der Waals surface area contributed by atoms with Crippen molar-refractivity contribution in [2.24, 2.45) is 0 Å². The van der Waals surface area contributed by atoms with Crippen LogP contribution in [0.5, 0.6) is 0 Å². The number of hydrogen-bond acceptors (Lipinski definition) is 7. The van der Waals surface area contributed by atoms with Gasteiger partial charge < -0.3 is 9.64 Å². The van der Waals surface area contributed by atoms with E-state index < -0.39 is 41.9 Å². The molecule has 10 nitrogen and oxygen atoms in total. The summed E-state index contributed by atoms with van der Waals surface area (Å²) in [6.45, 7) is 3.20. The van der Waals surface area contributed by atoms with Gasteiger partial charge in [0.1, 0.15) is 12.6 Å². The first kappa shape index (κ1) is 28.2. The Labute approximate surface area is 227 Å². The maximum atomic E-state index is 13.8. The van der Waals surface area contributed by atoms with E-state index >= 15 is 0 Å². The molecule has 40 heavy (non-hydrogen) atoms. The number of nitriles is 1. The van der Waals surface area contributed by atoms with Crippen molar-refractivity contribution < 1.29 is 27.5 Å². The van der Waals surface area contributed by atoms with Gasteiger partial charge in [0.05, 0.1) is 29.9 Å². The monoisotopic (exact) mass is 554 g/mol. The average molecular weight is 555 g/mol. The fourth-order valence-corrected chi connectivity index (χ4v) is 4.47. The number of hydrogen-bond donors (Lipinski definition) is 0. The predicted octanol–water partition coefficient (Wildman–Crippen LogP) is 3.60. The molecule has 0 fully saturated rings. The smallest absolute Gasteiger partial charge is 0.416 e. The zero-order valence-electron chi connectivity index (χ0n) is 22.1. The van der Waals surface area contributed by atoms with Crippen molar-refractivity contribution in [2.75, 3.05) is 25.6 Å². The molecule has 1 atom stereocenters. The Kier molecular flexibility index (Phi) is 7.55. The Hall–Kier alpha value is -4.86. The van der Waals surface area contributed by atoms with E-state index in [0.29, 0.717) is 17.7 Å². The number of nitrogens with zero attached hydrogens (tertiary/aromatic N) is 6. The first-order valence-electron chi connectivity index (χ1n) is 12.1. The van der Waals surface area contributed by atoms with E-state index in [-0.39, 0.29) is 22.9 Å². The summed E-state index contributed by atoms with van der Waals surface area (Å²) < 4.78 is 47.9. The van der Waals surface area contributed by atoms with Crippen LogP contribution in [-0.4, -0.2) is 51.8 Å². The Bertz CT molecular complexity index is 1600. The van der Waals surface area contributed by atoms with Crippen molar-refractivity contribution in [3.63, 3.8) is 0 Å². The highest BCUT2D eigenvalue weighted by molar-refractivity contribution is 5.93. The zero-order valence-corrected chi connectivity index (χ0v) is 22.1. The second-order valence-electron chi connectivity index (χ2n) is 9.03. The SMILES string of the molecule is CCN(C)C(=O)Cn1nc2n(c1=O)C(c1ccc(C#N)cc1)C(C(=O)OC)=C(C)N2c1cccc(C(F)(F)F)c1. The van der Waals surface area contributed by atoms with Gasteiger partial charge in [0.25, 0.3) is 0 Å². The molecule has 4 rings (SSSR count). The van der Waals surface area contributed by atoms with Crippen molar-refractivity contribution in [1.29, 1.82) is 5.26 Å². The third-order valence-electron chi connectivity index (χ3n) is 6.69. The minimum absolute atomic E-state index is 0.0117. The molecule has 1 aromatic heterocycles. The molecule has 1 amide bonds. The summed E-state index contributed by atoms with van der Waals surface area (Å²) in [4.78, 5) is 42.3. The molecular formula is C27H25F3N6O4. The average Bonchev–Trinajstić information content (AvgIpc) is 3.25. The molecule has 0 N–H and O–H groups in total. The van der Waals surface area contributed by atoms with Gasteiger partial charge in [0.15, 0.2) is 0 Å². The molecule has 3 aromatic rings. The summed E-state index contributed by atoms with van der Waals surface area (Å²) in [5.74, 6) is -1.34. The van der Waals surface area contributed by atoms with Gasteiger partial charge in [-0.2, -0.15) is 18.4 Å². The number of amides is 1. The van der Waals surface area contributed by atoms with E-state index in [1.54, 1.807) is 26.1 Å². The number of aromatic nitrogens is 3. The number of anilines is 2. The summed E-state index contributed by atoms with van der Waals surface area (Å²) in [5, 5.41) is 13.6. The molecule has 13 heteroatoms. The van der Waals surface area contributed by atoms with Crippen LogP contribution in [0.1, 0.15) is 36.6 Å². The zero-order chi connectivity index (χ0) is 29.4. The van der Waals surface area contributed by atoms with Gasteiger partial charge in [0, 0.05) is 25.0 Å². The minimum Gasteiger partial charge on any atom is -0.466 e. The van der Waals surface area contributed by atoms with Crippen molar-refractivity contribution in [3.8, 4) is 6.07 Å². The molecule has 1 aliphatic rings. The number of allylic oxidation sites excluding steroid dienone is 1. The highest BCUT2D eigenvalue weighted by Gasteiger charge is 2.41. The number of fused-ring (bicyclic) bond motifs is 1. The van der Waals surface area contributed by atoms with Crippen molar-refractivity contribution >= 4 is 23.5 Å². The number of carbonyl (C=O) groups excluding carboxylic acids is 2. The largest absolute Gasteiger partial charge is 0.466 e. The fraction of sp³-hybridized carbons (Fsp3) is 0.296. The Balaban J connectivity index is 2.03. The third-order valence-corrected chi connectivity index (χ3v) is 6.69. The number of likely N-dealkylation sites (N-methyl/N-ethyl adjacent to an activating group) is 1. The Morgan fingerprint density at radius 3 is 2.42 bits per heavy atom. The summed E-state index contributed by atoms with van der Waals surface area (Å²) in [6.07, 6.45) is -4.66. The van der Waals surface area contributed by atoms with Crippen LogP contribution < -0.4 is 10.6 Å². The van der Waals surface area contributed by atoms with E-state index in [1.807, 2.05) is 6.07 Å². The van der Waals surface area contributed by atoms with Gasteiger partial charge in [-0.25, -0.2) is 18.8 Å². The predicted molar refractivity (Wildman–Crippen MR) is 137 cm³/mol. The number of alkyl halides is 3. The van der Waals surface area contributed by atoms with Crippen LogP contribution in [0, 0.1) is 11.3 Å². The first-order valence-corrected chi connectivity index (χ1v) is 12.1. The second-order valence-corrected chi connectivity index (χ2v) is 9.03. The number of ether oxygens (including phenoxy) is 1. The van der Waals surface area contributed by atoms with Gasteiger partial charge in [-0.15, -0.1) is 5.10 Å². The molecule has 0 aliphatic carbocycles. The maximum absolute atomic E-state index is 13.8. The van der Waals surface area contributed by atoms with Crippen LogP contribution in [0.25, 0.3) is 0 Å². The van der Waals surface area contributed by atoms with E-state index in [9.17, 15) is 32.8 Å². The summed E-state index contributed by atoms with van der Waals surface area (Å²) >= 11 is 0. The number of carbonyl (C=O) groups is 2. The quantitative estimate of drug-likeness (QED) is 0.428. The number of benzene rings is 2. The van der Waals surface area contributed by atoms with Gasteiger partial charge >= 0.3 is 17.8 Å². The van der Waals surface area contributed by atoms with Crippen molar-refractivity contribution in [2.45, 2.75) is 32.6 Å². The van der Waals surface area contributed by atoms with Crippen LogP contribution in [0.2, 0.25) is 0 Å².